The maximum atomic E-state index is 12.0. The van der Waals surface area contributed by atoms with Crippen molar-refractivity contribution >= 4 is 17.9 Å². The van der Waals surface area contributed by atoms with Gasteiger partial charge in [-0.05, 0) is 45.2 Å². The standard InChI is InChI=1S/C16H24N2O2S/c1-16(2,3)20-15(19)18-9-6-14(7-10-18)21-12-13-5-4-8-17-11-13/h4-5,8,11,14H,6-7,9-10,12H2,1-3H3. The number of rotatable bonds is 3. The molecule has 0 saturated carbocycles. The van der Waals surface area contributed by atoms with Gasteiger partial charge in [-0.3, -0.25) is 4.98 Å². The smallest absolute Gasteiger partial charge is 0.410 e. The maximum Gasteiger partial charge on any atom is 0.410 e. The van der Waals surface area contributed by atoms with Crippen molar-refractivity contribution in [1.82, 2.24) is 9.88 Å². The van der Waals surface area contributed by atoms with Gasteiger partial charge in [0.05, 0.1) is 0 Å². The number of hydrogen-bond acceptors (Lipinski definition) is 4. The Morgan fingerprint density at radius 3 is 2.71 bits per heavy atom. The molecule has 2 rings (SSSR count). The van der Waals surface area contributed by atoms with Gasteiger partial charge in [-0.2, -0.15) is 11.8 Å². The SMILES string of the molecule is CC(C)(C)OC(=O)N1CCC(SCc2cccnc2)CC1. The van der Waals surface area contributed by atoms with E-state index in [1.54, 1.807) is 6.20 Å². The maximum absolute atomic E-state index is 12.0. The first-order valence-electron chi connectivity index (χ1n) is 7.42. The minimum Gasteiger partial charge on any atom is -0.444 e. The van der Waals surface area contributed by atoms with Crippen molar-refractivity contribution in [3.8, 4) is 0 Å². The third kappa shape index (κ3) is 5.58. The molecule has 1 aromatic rings. The second-order valence-electron chi connectivity index (χ2n) is 6.34. The molecule has 1 aromatic heterocycles. The fraction of sp³-hybridized carbons (Fsp3) is 0.625. The molecule has 0 radical (unpaired) electrons. The summed E-state index contributed by atoms with van der Waals surface area (Å²) >= 11 is 1.96. The summed E-state index contributed by atoms with van der Waals surface area (Å²) in [6.07, 6.45) is 5.60. The van der Waals surface area contributed by atoms with Crippen LogP contribution in [0.15, 0.2) is 24.5 Å². The molecule has 5 heteroatoms. The summed E-state index contributed by atoms with van der Waals surface area (Å²) in [7, 11) is 0. The molecule has 0 atom stereocenters. The van der Waals surface area contributed by atoms with Gasteiger partial charge in [0.15, 0.2) is 0 Å². The molecular weight excluding hydrogens is 284 g/mol. The minimum atomic E-state index is -0.414. The Kier molecular flexibility index (Phi) is 5.51. The van der Waals surface area contributed by atoms with E-state index in [4.69, 9.17) is 4.74 Å². The van der Waals surface area contributed by atoms with E-state index in [0.29, 0.717) is 5.25 Å². The highest BCUT2D eigenvalue weighted by atomic mass is 32.2. The summed E-state index contributed by atoms with van der Waals surface area (Å²) < 4.78 is 5.41. The Hall–Kier alpha value is -1.23. The van der Waals surface area contributed by atoms with Crippen molar-refractivity contribution in [3.63, 3.8) is 0 Å². The van der Waals surface area contributed by atoms with Crippen LogP contribution in [0, 0.1) is 0 Å². The van der Waals surface area contributed by atoms with Crippen LogP contribution in [0.25, 0.3) is 0 Å². The second-order valence-corrected chi connectivity index (χ2v) is 7.63. The van der Waals surface area contributed by atoms with Crippen LogP contribution in [0.3, 0.4) is 0 Å². The molecule has 0 unspecified atom stereocenters. The predicted octanol–water partition coefficient (Wildman–Crippen LogP) is 3.71. The molecule has 1 fully saturated rings. The number of carbonyl (C=O) groups excluding carboxylic acids is 1. The van der Waals surface area contributed by atoms with E-state index in [-0.39, 0.29) is 6.09 Å². The van der Waals surface area contributed by atoms with Crippen molar-refractivity contribution in [2.24, 2.45) is 0 Å². The topological polar surface area (TPSA) is 42.4 Å². The number of likely N-dealkylation sites (tertiary alicyclic amines) is 1. The van der Waals surface area contributed by atoms with E-state index in [2.05, 4.69) is 11.1 Å². The molecule has 21 heavy (non-hydrogen) atoms. The number of carbonyl (C=O) groups is 1. The Balaban J connectivity index is 1.72. The lowest BCUT2D eigenvalue weighted by molar-refractivity contribution is 0.0219. The van der Waals surface area contributed by atoms with Gasteiger partial charge in [-0.15, -0.1) is 0 Å². The average molecular weight is 308 g/mol. The van der Waals surface area contributed by atoms with Crippen LogP contribution in [0.5, 0.6) is 0 Å². The van der Waals surface area contributed by atoms with Gasteiger partial charge in [0.1, 0.15) is 5.60 Å². The first kappa shape index (κ1) is 16.1. The van der Waals surface area contributed by atoms with Crippen LogP contribution < -0.4 is 0 Å². The highest BCUT2D eigenvalue weighted by Gasteiger charge is 2.26. The Labute approximate surface area is 131 Å². The molecular formula is C16H24N2O2S. The number of pyridine rings is 1. The average Bonchev–Trinajstić information content (AvgIpc) is 2.45. The Morgan fingerprint density at radius 1 is 1.43 bits per heavy atom. The zero-order valence-electron chi connectivity index (χ0n) is 13.0. The summed E-state index contributed by atoms with van der Waals surface area (Å²) in [5.41, 5.74) is 0.847. The number of amides is 1. The van der Waals surface area contributed by atoms with Crippen LogP contribution in [-0.4, -0.2) is 39.9 Å². The highest BCUT2D eigenvalue weighted by Crippen LogP contribution is 2.27. The normalized spacial score (nSPS) is 16.8. The summed E-state index contributed by atoms with van der Waals surface area (Å²) in [5, 5.41) is 0.615. The lowest BCUT2D eigenvalue weighted by Gasteiger charge is -2.33. The molecule has 116 valence electrons. The zero-order valence-corrected chi connectivity index (χ0v) is 13.9. The number of piperidine rings is 1. The van der Waals surface area contributed by atoms with Crippen LogP contribution in [0.1, 0.15) is 39.2 Å². The first-order chi connectivity index (χ1) is 9.94. The lowest BCUT2D eigenvalue weighted by atomic mass is 10.1. The van der Waals surface area contributed by atoms with Crippen molar-refractivity contribution < 1.29 is 9.53 Å². The van der Waals surface area contributed by atoms with E-state index in [0.717, 1.165) is 31.7 Å². The van der Waals surface area contributed by atoms with Crippen molar-refractivity contribution in [2.75, 3.05) is 13.1 Å². The molecule has 1 aliphatic rings. The molecule has 0 N–H and O–H groups in total. The molecule has 0 aliphatic carbocycles. The van der Waals surface area contributed by atoms with Crippen LogP contribution in [0.2, 0.25) is 0 Å². The van der Waals surface area contributed by atoms with E-state index < -0.39 is 5.60 Å². The summed E-state index contributed by atoms with van der Waals surface area (Å²) in [5.74, 6) is 0.991. The van der Waals surface area contributed by atoms with E-state index >= 15 is 0 Å². The molecule has 1 aliphatic heterocycles. The minimum absolute atomic E-state index is 0.182. The van der Waals surface area contributed by atoms with Gasteiger partial charge in [-0.25, -0.2) is 4.79 Å². The second kappa shape index (κ2) is 7.16. The summed E-state index contributed by atoms with van der Waals surface area (Å²) in [4.78, 5) is 17.9. The van der Waals surface area contributed by atoms with Crippen molar-refractivity contribution in [3.05, 3.63) is 30.1 Å². The van der Waals surface area contributed by atoms with E-state index in [1.807, 2.05) is 49.7 Å². The molecule has 1 saturated heterocycles. The molecule has 2 heterocycles. The highest BCUT2D eigenvalue weighted by molar-refractivity contribution is 7.99. The number of thioether (sulfide) groups is 1. The predicted molar refractivity (Wildman–Crippen MR) is 86.4 cm³/mol. The van der Waals surface area contributed by atoms with Crippen molar-refractivity contribution in [2.45, 2.75) is 50.2 Å². The fourth-order valence-corrected chi connectivity index (χ4v) is 3.37. The lowest BCUT2D eigenvalue weighted by Crippen LogP contribution is -2.42. The van der Waals surface area contributed by atoms with Gasteiger partial charge < -0.3 is 9.64 Å². The molecule has 4 nitrogen and oxygen atoms in total. The fourth-order valence-electron chi connectivity index (χ4n) is 2.23. The van der Waals surface area contributed by atoms with Crippen LogP contribution in [0.4, 0.5) is 4.79 Å². The van der Waals surface area contributed by atoms with E-state index in [1.165, 1.54) is 5.56 Å². The first-order valence-corrected chi connectivity index (χ1v) is 8.47. The zero-order chi connectivity index (χ0) is 15.3. The van der Waals surface area contributed by atoms with Gasteiger partial charge in [-0.1, -0.05) is 6.07 Å². The summed E-state index contributed by atoms with van der Waals surface area (Å²) in [6, 6.07) is 4.08. The quantitative estimate of drug-likeness (QED) is 0.853. The number of aromatic nitrogens is 1. The van der Waals surface area contributed by atoms with Crippen molar-refractivity contribution in [1.29, 1.82) is 0 Å². The van der Waals surface area contributed by atoms with Crippen LogP contribution >= 0.6 is 11.8 Å². The molecule has 1 amide bonds. The van der Waals surface area contributed by atoms with Crippen LogP contribution in [-0.2, 0) is 10.5 Å². The van der Waals surface area contributed by atoms with Gasteiger partial charge in [0.25, 0.3) is 0 Å². The Bertz CT molecular complexity index is 451. The number of nitrogens with zero attached hydrogens (tertiary/aromatic N) is 2. The number of ether oxygens (including phenoxy) is 1. The third-order valence-corrected chi connectivity index (χ3v) is 4.74. The van der Waals surface area contributed by atoms with E-state index in [9.17, 15) is 4.79 Å². The monoisotopic (exact) mass is 308 g/mol. The largest absolute Gasteiger partial charge is 0.444 e. The molecule has 0 spiro atoms. The summed E-state index contributed by atoms with van der Waals surface area (Å²) in [6.45, 7) is 7.30. The Morgan fingerprint density at radius 2 is 2.14 bits per heavy atom. The molecule has 0 bridgehead atoms. The van der Waals surface area contributed by atoms with Gasteiger partial charge in [0.2, 0.25) is 0 Å². The number of hydrogen-bond donors (Lipinski definition) is 0. The third-order valence-electron chi connectivity index (χ3n) is 3.30. The van der Waals surface area contributed by atoms with Gasteiger partial charge in [0, 0.05) is 36.5 Å². The molecule has 0 aromatic carbocycles. The van der Waals surface area contributed by atoms with Gasteiger partial charge >= 0.3 is 6.09 Å².